The Morgan fingerprint density at radius 2 is 1.90 bits per heavy atom. The van der Waals surface area contributed by atoms with Gasteiger partial charge in [0.1, 0.15) is 0 Å². The minimum absolute atomic E-state index is 0.0425. The van der Waals surface area contributed by atoms with Crippen LogP contribution in [0.25, 0.3) is 0 Å². The van der Waals surface area contributed by atoms with Crippen molar-refractivity contribution in [3.8, 4) is 0 Å². The van der Waals surface area contributed by atoms with E-state index >= 15 is 0 Å². The monoisotopic (exact) mass is 297 g/mol. The summed E-state index contributed by atoms with van der Waals surface area (Å²) < 4.78 is 26.0. The van der Waals surface area contributed by atoms with Crippen molar-refractivity contribution in [3.05, 3.63) is 29.3 Å². The summed E-state index contributed by atoms with van der Waals surface area (Å²) in [5.41, 5.74) is 5.23. The van der Waals surface area contributed by atoms with Crippen molar-refractivity contribution in [1.82, 2.24) is 10.6 Å². The minimum Gasteiger partial charge on any atom is -0.398 e. The first-order valence-corrected chi connectivity index (χ1v) is 6.79. The molecule has 1 saturated carbocycles. The number of benzene rings is 1. The number of nitrogens with one attached hydrogen (secondary N) is 2. The summed E-state index contributed by atoms with van der Waals surface area (Å²) in [7, 11) is 0. The molecule has 0 atom stereocenters. The average Bonchev–Trinajstić information content (AvgIpc) is 3.22. The molecule has 0 radical (unpaired) electrons. The Balaban J connectivity index is 1.76. The van der Waals surface area contributed by atoms with Gasteiger partial charge in [0, 0.05) is 30.8 Å². The molecule has 1 aromatic rings. The van der Waals surface area contributed by atoms with E-state index in [1.165, 1.54) is 0 Å². The fourth-order valence-corrected chi connectivity index (χ4v) is 1.83. The first-order chi connectivity index (χ1) is 9.97. The first kappa shape index (κ1) is 15.2. The highest BCUT2D eigenvalue weighted by atomic mass is 19.2. The van der Waals surface area contributed by atoms with Crippen LogP contribution in [0, 0.1) is 11.6 Å². The van der Waals surface area contributed by atoms with Gasteiger partial charge in [-0.25, -0.2) is 8.78 Å². The number of carbonyl (C=O) groups excluding carboxylic acids is 2. The molecule has 2 rings (SSSR count). The fourth-order valence-electron chi connectivity index (χ4n) is 1.83. The number of hydrogen-bond donors (Lipinski definition) is 3. The zero-order chi connectivity index (χ0) is 15.4. The third-order valence-electron chi connectivity index (χ3n) is 3.15. The Kier molecular flexibility index (Phi) is 4.72. The van der Waals surface area contributed by atoms with E-state index in [0.29, 0.717) is 18.9 Å². The zero-order valence-electron chi connectivity index (χ0n) is 11.4. The second-order valence-electron chi connectivity index (χ2n) is 5.05. The van der Waals surface area contributed by atoms with E-state index in [2.05, 4.69) is 10.6 Å². The van der Waals surface area contributed by atoms with Crippen LogP contribution in [0.2, 0.25) is 0 Å². The molecule has 7 heteroatoms. The van der Waals surface area contributed by atoms with Gasteiger partial charge in [0.2, 0.25) is 5.91 Å². The normalized spacial score (nSPS) is 13.8. The molecule has 1 fully saturated rings. The molecule has 0 heterocycles. The molecule has 5 nitrogen and oxygen atoms in total. The van der Waals surface area contributed by atoms with Gasteiger partial charge in [-0.2, -0.15) is 0 Å². The molecule has 1 aliphatic carbocycles. The largest absolute Gasteiger partial charge is 0.398 e. The minimum atomic E-state index is -1.13. The van der Waals surface area contributed by atoms with E-state index in [4.69, 9.17) is 5.73 Å². The van der Waals surface area contributed by atoms with E-state index in [-0.39, 0.29) is 23.7 Å². The molecule has 1 aliphatic rings. The molecule has 2 amide bonds. The quantitative estimate of drug-likeness (QED) is 0.547. The molecular formula is C14H17F2N3O2. The van der Waals surface area contributed by atoms with Crippen LogP contribution in [0.5, 0.6) is 0 Å². The maximum absolute atomic E-state index is 13.1. The number of rotatable bonds is 6. The summed E-state index contributed by atoms with van der Waals surface area (Å²) in [4.78, 5) is 23.2. The number of halogens is 2. The van der Waals surface area contributed by atoms with Gasteiger partial charge in [0.05, 0.1) is 5.56 Å². The summed E-state index contributed by atoms with van der Waals surface area (Å²) in [5.74, 6) is -2.85. The highest BCUT2D eigenvalue weighted by Crippen LogP contribution is 2.19. The molecule has 0 aliphatic heterocycles. The lowest BCUT2D eigenvalue weighted by Gasteiger charge is -2.08. The molecule has 21 heavy (non-hydrogen) atoms. The SMILES string of the molecule is Nc1cc(F)c(F)cc1C(=O)NCCCC(=O)NC1CC1. The van der Waals surface area contributed by atoms with Gasteiger partial charge in [-0.15, -0.1) is 0 Å². The first-order valence-electron chi connectivity index (χ1n) is 6.79. The molecule has 114 valence electrons. The van der Waals surface area contributed by atoms with Gasteiger partial charge in [-0.3, -0.25) is 9.59 Å². The van der Waals surface area contributed by atoms with Gasteiger partial charge < -0.3 is 16.4 Å². The van der Waals surface area contributed by atoms with Crippen LogP contribution in [-0.2, 0) is 4.79 Å². The van der Waals surface area contributed by atoms with Crippen LogP contribution in [0.15, 0.2) is 12.1 Å². The lowest BCUT2D eigenvalue weighted by molar-refractivity contribution is -0.121. The van der Waals surface area contributed by atoms with Crippen LogP contribution in [0.4, 0.5) is 14.5 Å². The number of nitrogen functional groups attached to an aromatic ring is 1. The smallest absolute Gasteiger partial charge is 0.253 e. The third-order valence-corrected chi connectivity index (χ3v) is 3.15. The van der Waals surface area contributed by atoms with E-state index in [9.17, 15) is 18.4 Å². The molecule has 0 aromatic heterocycles. The molecule has 0 saturated heterocycles. The van der Waals surface area contributed by atoms with E-state index in [1.807, 2.05) is 0 Å². The van der Waals surface area contributed by atoms with Crippen LogP contribution < -0.4 is 16.4 Å². The summed E-state index contributed by atoms with van der Waals surface area (Å²) in [6.45, 7) is 0.259. The van der Waals surface area contributed by atoms with Crippen LogP contribution in [-0.4, -0.2) is 24.4 Å². The van der Waals surface area contributed by atoms with Crippen molar-refractivity contribution < 1.29 is 18.4 Å². The van der Waals surface area contributed by atoms with Gasteiger partial charge in [0.15, 0.2) is 11.6 Å². The molecule has 4 N–H and O–H groups in total. The number of hydrogen-bond acceptors (Lipinski definition) is 3. The van der Waals surface area contributed by atoms with E-state index in [0.717, 1.165) is 25.0 Å². The van der Waals surface area contributed by atoms with Crippen LogP contribution in [0.3, 0.4) is 0 Å². The molecule has 0 unspecified atom stereocenters. The summed E-state index contributed by atoms with van der Waals surface area (Å²) in [5, 5.41) is 5.36. The Labute approximate surface area is 120 Å². The Morgan fingerprint density at radius 3 is 2.57 bits per heavy atom. The van der Waals surface area contributed by atoms with Crippen molar-refractivity contribution in [2.24, 2.45) is 0 Å². The maximum Gasteiger partial charge on any atom is 0.253 e. The third kappa shape index (κ3) is 4.40. The maximum atomic E-state index is 13.1. The Hall–Kier alpha value is -2.18. The lowest BCUT2D eigenvalue weighted by atomic mass is 10.1. The second-order valence-corrected chi connectivity index (χ2v) is 5.05. The van der Waals surface area contributed by atoms with Gasteiger partial charge in [0.25, 0.3) is 5.91 Å². The number of amides is 2. The number of carbonyl (C=O) groups is 2. The fraction of sp³-hybridized carbons (Fsp3) is 0.429. The van der Waals surface area contributed by atoms with Gasteiger partial charge in [-0.05, 0) is 25.3 Å². The lowest BCUT2D eigenvalue weighted by Crippen LogP contribution is -2.29. The standard InChI is InChI=1S/C14H17F2N3O2/c15-10-6-9(12(17)7-11(10)16)14(21)18-5-1-2-13(20)19-8-3-4-8/h6-8H,1-5,17H2,(H,18,21)(H,19,20). The molecule has 1 aromatic carbocycles. The van der Waals surface area contributed by atoms with Crippen molar-refractivity contribution in [2.75, 3.05) is 12.3 Å². The predicted octanol–water partition coefficient (Wildman–Crippen LogP) is 1.34. The Morgan fingerprint density at radius 1 is 1.24 bits per heavy atom. The highest BCUT2D eigenvalue weighted by molar-refractivity contribution is 5.99. The zero-order valence-corrected chi connectivity index (χ0v) is 11.4. The Bertz CT molecular complexity index is 559. The molecule has 0 bridgehead atoms. The topological polar surface area (TPSA) is 84.2 Å². The van der Waals surface area contributed by atoms with Crippen molar-refractivity contribution in [3.63, 3.8) is 0 Å². The average molecular weight is 297 g/mol. The highest BCUT2D eigenvalue weighted by Gasteiger charge is 2.22. The second kappa shape index (κ2) is 6.51. The van der Waals surface area contributed by atoms with Gasteiger partial charge >= 0.3 is 0 Å². The van der Waals surface area contributed by atoms with E-state index in [1.54, 1.807) is 0 Å². The predicted molar refractivity (Wildman–Crippen MR) is 73.5 cm³/mol. The number of nitrogens with two attached hydrogens (primary N) is 1. The summed E-state index contributed by atoms with van der Waals surface area (Å²) in [6.07, 6.45) is 2.83. The number of anilines is 1. The molecule has 0 spiro atoms. The van der Waals surface area contributed by atoms with Crippen molar-refractivity contribution in [1.29, 1.82) is 0 Å². The van der Waals surface area contributed by atoms with Crippen molar-refractivity contribution in [2.45, 2.75) is 31.7 Å². The van der Waals surface area contributed by atoms with E-state index < -0.39 is 17.5 Å². The summed E-state index contributed by atoms with van der Waals surface area (Å²) >= 11 is 0. The van der Waals surface area contributed by atoms with Crippen LogP contribution >= 0.6 is 0 Å². The summed E-state index contributed by atoms with van der Waals surface area (Å²) in [6, 6.07) is 1.85. The van der Waals surface area contributed by atoms with Gasteiger partial charge in [-0.1, -0.05) is 0 Å². The van der Waals surface area contributed by atoms with Crippen LogP contribution in [0.1, 0.15) is 36.0 Å². The molecular weight excluding hydrogens is 280 g/mol. The van der Waals surface area contributed by atoms with Crippen molar-refractivity contribution >= 4 is 17.5 Å².